The van der Waals surface area contributed by atoms with Crippen LogP contribution in [0.1, 0.15) is 28.9 Å². The molecule has 2 amide bonds. The number of fused-ring (bicyclic) bond motifs is 1. The Hall–Kier alpha value is -2.48. The molecule has 0 saturated heterocycles. The molecule has 24 heavy (non-hydrogen) atoms. The Morgan fingerprint density at radius 2 is 2.04 bits per heavy atom. The molecule has 1 atom stereocenters. The fourth-order valence-corrected chi connectivity index (χ4v) is 3.25. The molecule has 5 nitrogen and oxygen atoms in total. The van der Waals surface area contributed by atoms with Gasteiger partial charge in [0.1, 0.15) is 11.6 Å². The fourth-order valence-electron chi connectivity index (χ4n) is 2.40. The van der Waals surface area contributed by atoms with Crippen molar-refractivity contribution in [3.05, 3.63) is 53.4 Å². The van der Waals surface area contributed by atoms with Crippen molar-refractivity contribution in [2.24, 2.45) is 0 Å². The summed E-state index contributed by atoms with van der Waals surface area (Å²) in [7, 11) is 0. The zero-order valence-corrected chi connectivity index (χ0v) is 13.4. The van der Waals surface area contributed by atoms with Gasteiger partial charge in [-0.15, -0.1) is 11.8 Å². The monoisotopic (exact) mass is 349 g/mol. The summed E-state index contributed by atoms with van der Waals surface area (Å²) in [5.74, 6) is -1.90. The van der Waals surface area contributed by atoms with Gasteiger partial charge in [-0.05, 0) is 25.1 Å². The van der Waals surface area contributed by atoms with Crippen molar-refractivity contribution in [3.8, 4) is 0 Å². The summed E-state index contributed by atoms with van der Waals surface area (Å²) in [6, 6.07) is 3.96. The van der Waals surface area contributed by atoms with Crippen LogP contribution in [-0.2, 0) is 4.79 Å². The van der Waals surface area contributed by atoms with Gasteiger partial charge in [0.25, 0.3) is 5.91 Å². The lowest BCUT2D eigenvalue weighted by atomic mass is 10.1. The minimum Gasteiger partial charge on any atom is -0.345 e. The number of nitrogens with one attached hydrogen (secondary N) is 2. The molecule has 8 heteroatoms. The lowest BCUT2D eigenvalue weighted by Crippen LogP contribution is -2.28. The Morgan fingerprint density at radius 1 is 1.33 bits per heavy atom. The topological polar surface area (TPSA) is 71.1 Å². The molecule has 2 N–H and O–H groups in total. The normalized spacial score (nSPS) is 14.5. The Bertz CT molecular complexity index is 809. The van der Waals surface area contributed by atoms with Crippen LogP contribution < -0.4 is 10.6 Å². The number of halogens is 2. The highest BCUT2D eigenvalue weighted by Gasteiger charge is 2.21. The molecule has 0 fully saturated rings. The summed E-state index contributed by atoms with van der Waals surface area (Å²) >= 11 is 1.33. The van der Waals surface area contributed by atoms with Gasteiger partial charge in [-0.25, -0.2) is 8.78 Å². The van der Waals surface area contributed by atoms with Gasteiger partial charge < -0.3 is 10.6 Å². The molecular formula is C16H13F2N3O2S. The van der Waals surface area contributed by atoms with E-state index in [4.69, 9.17) is 0 Å². The molecule has 0 radical (unpaired) electrons. The van der Waals surface area contributed by atoms with Crippen molar-refractivity contribution in [3.63, 3.8) is 0 Å². The highest BCUT2D eigenvalue weighted by molar-refractivity contribution is 8.00. The standard InChI is InChI=1S/C16H13F2N3O2S/c1-8(15-10(17)5-19-6-11(15)18)20-16(23)9-2-3-12-13(4-9)24-7-14(22)21-12/h2-6,8H,7H2,1H3,(H,20,23)(H,21,22). The summed E-state index contributed by atoms with van der Waals surface area (Å²) < 4.78 is 27.4. The van der Waals surface area contributed by atoms with Crippen LogP contribution in [0.2, 0.25) is 0 Å². The molecule has 2 heterocycles. The van der Waals surface area contributed by atoms with Crippen LogP contribution in [0.25, 0.3) is 0 Å². The number of hydrogen-bond donors (Lipinski definition) is 2. The summed E-state index contributed by atoms with van der Waals surface area (Å²) in [5.41, 5.74) is 0.754. The lowest BCUT2D eigenvalue weighted by molar-refractivity contribution is -0.113. The minimum absolute atomic E-state index is 0.0954. The Labute approximate surface area is 140 Å². The molecule has 124 valence electrons. The van der Waals surface area contributed by atoms with Crippen LogP contribution in [0.5, 0.6) is 0 Å². The molecule has 2 aromatic rings. The summed E-state index contributed by atoms with van der Waals surface area (Å²) in [6.07, 6.45) is 1.80. The number of anilines is 1. The molecular weight excluding hydrogens is 336 g/mol. The van der Waals surface area contributed by atoms with E-state index in [9.17, 15) is 18.4 Å². The van der Waals surface area contributed by atoms with Crippen molar-refractivity contribution >= 4 is 29.3 Å². The Balaban J connectivity index is 1.79. The number of carbonyl (C=O) groups excluding carboxylic acids is 2. The molecule has 0 aliphatic carbocycles. The molecule has 0 spiro atoms. The third-order valence-electron chi connectivity index (χ3n) is 3.55. The van der Waals surface area contributed by atoms with Gasteiger partial charge >= 0.3 is 0 Å². The average Bonchev–Trinajstić information content (AvgIpc) is 2.54. The maximum Gasteiger partial charge on any atom is 0.251 e. The maximum atomic E-state index is 13.7. The zero-order valence-electron chi connectivity index (χ0n) is 12.6. The van der Waals surface area contributed by atoms with E-state index in [1.54, 1.807) is 18.2 Å². The smallest absolute Gasteiger partial charge is 0.251 e. The van der Waals surface area contributed by atoms with E-state index in [0.29, 0.717) is 11.3 Å². The largest absolute Gasteiger partial charge is 0.345 e. The fraction of sp³-hybridized carbons (Fsp3) is 0.188. The minimum atomic E-state index is -0.858. The second-order valence-corrected chi connectivity index (χ2v) is 6.28. The third kappa shape index (κ3) is 3.23. The number of pyridine rings is 1. The Kier molecular flexibility index (Phi) is 4.48. The maximum absolute atomic E-state index is 13.7. The molecule has 1 unspecified atom stereocenters. The van der Waals surface area contributed by atoms with E-state index in [2.05, 4.69) is 15.6 Å². The van der Waals surface area contributed by atoms with Gasteiger partial charge in [-0.2, -0.15) is 0 Å². The number of hydrogen-bond acceptors (Lipinski definition) is 4. The number of aromatic nitrogens is 1. The quantitative estimate of drug-likeness (QED) is 0.894. The van der Waals surface area contributed by atoms with Crippen molar-refractivity contribution in [1.82, 2.24) is 10.3 Å². The average molecular weight is 349 g/mol. The van der Waals surface area contributed by atoms with E-state index in [0.717, 1.165) is 17.3 Å². The van der Waals surface area contributed by atoms with Crippen LogP contribution in [0, 0.1) is 11.6 Å². The predicted molar refractivity (Wildman–Crippen MR) is 85.8 cm³/mol. The molecule has 0 bridgehead atoms. The van der Waals surface area contributed by atoms with Gasteiger partial charge in [0.05, 0.1) is 29.9 Å². The predicted octanol–water partition coefficient (Wildman–Crippen LogP) is 2.90. The number of rotatable bonds is 3. The van der Waals surface area contributed by atoms with Gasteiger partial charge in [0, 0.05) is 16.0 Å². The first-order chi connectivity index (χ1) is 11.5. The number of amides is 2. The molecule has 0 saturated carbocycles. The summed E-state index contributed by atoms with van der Waals surface area (Å²) in [6.45, 7) is 1.49. The molecule has 1 aliphatic rings. The highest BCUT2D eigenvalue weighted by atomic mass is 32.2. The number of benzene rings is 1. The summed E-state index contributed by atoms with van der Waals surface area (Å²) in [5, 5.41) is 5.28. The van der Waals surface area contributed by atoms with Crippen molar-refractivity contribution in [2.45, 2.75) is 17.9 Å². The van der Waals surface area contributed by atoms with Crippen LogP contribution in [-0.4, -0.2) is 22.6 Å². The lowest BCUT2D eigenvalue weighted by Gasteiger charge is -2.18. The van der Waals surface area contributed by atoms with Crippen LogP contribution in [0.3, 0.4) is 0 Å². The van der Waals surface area contributed by atoms with Crippen molar-refractivity contribution in [1.29, 1.82) is 0 Å². The molecule has 1 aromatic carbocycles. The van der Waals surface area contributed by atoms with Gasteiger partial charge in [0.15, 0.2) is 0 Å². The van der Waals surface area contributed by atoms with Crippen molar-refractivity contribution in [2.75, 3.05) is 11.1 Å². The number of nitrogens with zero attached hydrogens (tertiary/aromatic N) is 1. The molecule has 1 aromatic heterocycles. The van der Waals surface area contributed by atoms with E-state index in [-0.39, 0.29) is 17.2 Å². The van der Waals surface area contributed by atoms with E-state index < -0.39 is 23.6 Å². The first-order valence-corrected chi connectivity index (χ1v) is 8.10. The van der Waals surface area contributed by atoms with Crippen LogP contribution >= 0.6 is 11.8 Å². The zero-order chi connectivity index (χ0) is 17.3. The summed E-state index contributed by atoms with van der Waals surface area (Å²) in [4.78, 5) is 27.8. The second-order valence-electron chi connectivity index (χ2n) is 5.26. The molecule has 3 rings (SSSR count). The number of carbonyl (C=O) groups is 2. The van der Waals surface area contributed by atoms with Crippen molar-refractivity contribution < 1.29 is 18.4 Å². The van der Waals surface area contributed by atoms with Crippen LogP contribution in [0.15, 0.2) is 35.5 Å². The second kappa shape index (κ2) is 6.56. The van der Waals surface area contributed by atoms with Gasteiger partial charge in [0.2, 0.25) is 5.91 Å². The van der Waals surface area contributed by atoms with Gasteiger partial charge in [-0.1, -0.05) is 0 Å². The SMILES string of the molecule is CC(NC(=O)c1ccc2c(c1)SCC(=O)N2)c1c(F)cncc1F. The van der Waals surface area contributed by atoms with E-state index in [1.165, 1.54) is 18.7 Å². The van der Waals surface area contributed by atoms with Crippen LogP contribution in [0.4, 0.5) is 14.5 Å². The number of thioether (sulfide) groups is 1. The van der Waals surface area contributed by atoms with E-state index >= 15 is 0 Å². The first kappa shape index (κ1) is 16.4. The van der Waals surface area contributed by atoms with E-state index in [1.807, 2.05) is 0 Å². The molecule has 1 aliphatic heterocycles. The Morgan fingerprint density at radius 3 is 2.75 bits per heavy atom. The third-order valence-corrected chi connectivity index (χ3v) is 4.60. The van der Waals surface area contributed by atoms with Gasteiger partial charge in [-0.3, -0.25) is 14.6 Å². The highest BCUT2D eigenvalue weighted by Crippen LogP contribution is 2.32. The first-order valence-electron chi connectivity index (χ1n) is 7.12.